The van der Waals surface area contributed by atoms with Gasteiger partial charge >= 0.3 is 0 Å². The Kier molecular flexibility index (Phi) is 8.21. The van der Waals surface area contributed by atoms with Gasteiger partial charge in [-0.1, -0.05) is 54.6 Å². The van der Waals surface area contributed by atoms with Crippen LogP contribution in [0.25, 0.3) is 10.8 Å². The van der Waals surface area contributed by atoms with E-state index in [2.05, 4.69) is 16.0 Å². The third-order valence-electron chi connectivity index (χ3n) is 5.39. The lowest BCUT2D eigenvalue weighted by molar-refractivity contribution is -0.130. The van der Waals surface area contributed by atoms with Crippen LogP contribution in [0.15, 0.2) is 66.7 Å². The molecular weight excluding hydrogens is 432 g/mol. The minimum atomic E-state index is -0.873. The predicted molar refractivity (Wildman–Crippen MR) is 132 cm³/mol. The third-order valence-corrected chi connectivity index (χ3v) is 5.39. The molecule has 3 aromatic rings. The van der Waals surface area contributed by atoms with Crippen LogP contribution in [0.3, 0.4) is 0 Å². The molecule has 0 bridgehead atoms. The molecule has 0 heterocycles. The second-order valence-electron chi connectivity index (χ2n) is 8.16. The van der Waals surface area contributed by atoms with Crippen LogP contribution in [-0.2, 0) is 20.8 Å². The largest absolute Gasteiger partial charge is 0.496 e. The average Bonchev–Trinajstić information content (AvgIpc) is 2.83. The van der Waals surface area contributed by atoms with Gasteiger partial charge in [-0.25, -0.2) is 0 Å². The van der Waals surface area contributed by atoms with Crippen molar-refractivity contribution in [3.63, 3.8) is 0 Å². The Hall–Kier alpha value is -3.91. The summed E-state index contributed by atoms with van der Waals surface area (Å²) in [6, 6.07) is 18.2. The number of benzene rings is 3. The number of carbonyl (C=O) groups is 3. The number of nitrogens with one attached hydrogen (secondary N) is 3. The Morgan fingerprint density at radius 3 is 2.24 bits per heavy atom. The molecule has 3 rings (SSSR count). The first-order valence-corrected chi connectivity index (χ1v) is 11.1. The maximum Gasteiger partial charge on any atom is 0.247 e. The molecule has 0 fully saturated rings. The lowest BCUT2D eigenvalue weighted by Gasteiger charge is -2.22. The number of hydrogen-bond acceptors (Lipinski definition) is 5. The molecule has 34 heavy (non-hydrogen) atoms. The van der Waals surface area contributed by atoms with Gasteiger partial charge in [0.1, 0.15) is 17.8 Å². The second kappa shape index (κ2) is 11.3. The van der Waals surface area contributed by atoms with E-state index in [1.807, 2.05) is 60.7 Å². The molecule has 8 nitrogen and oxygen atoms in total. The van der Waals surface area contributed by atoms with Gasteiger partial charge in [0, 0.05) is 23.6 Å². The van der Waals surface area contributed by atoms with Crippen LogP contribution in [0.2, 0.25) is 0 Å². The fraction of sp³-hybridized carbons (Fsp3) is 0.269. The van der Waals surface area contributed by atoms with E-state index in [0.29, 0.717) is 11.4 Å². The van der Waals surface area contributed by atoms with E-state index in [1.165, 1.54) is 6.92 Å². The van der Waals surface area contributed by atoms with Gasteiger partial charge in [0.25, 0.3) is 0 Å². The molecule has 0 spiro atoms. The first-order valence-electron chi connectivity index (χ1n) is 11.1. The van der Waals surface area contributed by atoms with Crippen molar-refractivity contribution in [3.05, 3.63) is 72.3 Å². The van der Waals surface area contributed by atoms with Gasteiger partial charge < -0.3 is 26.4 Å². The lowest BCUT2D eigenvalue weighted by Crippen LogP contribution is -2.54. The van der Waals surface area contributed by atoms with Gasteiger partial charge in [-0.15, -0.1) is 0 Å². The Morgan fingerprint density at radius 2 is 1.56 bits per heavy atom. The molecule has 8 heteroatoms. The normalized spacial score (nSPS) is 13.4. The molecule has 3 unspecified atom stereocenters. The van der Waals surface area contributed by atoms with Crippen LogP contribution in [0.1, 0.15) is 19.4 Å². The highest BCUT2D eigenvalue weighted by atomic mass is 16.5. The summed E-state index contributed by atoms with van der Waals surface area (Å²) in [7, 11) is 1.57. The zero-order chi connectivity index (χ0) is 24.7. The molecule has 3 amide bonds. The highest BCUT2D eigenvalue weighted by Gasteiger charge is 2.25. The molecule has 0 aliphatic heterocycles. The average molecular weight is 463 g/mol. The zero-order valence-corrected chi connectivity index (χ0v) is 19.5. The van der Waals surface area contributed by atoms with Crippen LogP contribution in [0, 0.1) is 0 Å². The maximum absolute atomic E-state index is 13.3. The van der Waals surface area contributed by atoms with E-state index < -0.39 is 29.9 Å². The Morgan fingerprint density at radius 1 is 0.882 bits per heavy atom. The molecule has 178 valence electrons. The summed E-state index contributed by atoms with van der Waals surface area (Å²) in [6.07, 6.45) is 0.275. The van der Waals surface area contributed by atoms with Gasteiger partial charge in [-0.3, -0.25) is 14.4 Å². The van der Waals surface area contributed by atoms with Crippen molar-refractivity contribution in [1.82, 2.24) is 10.6 Å². The van der Waals surface area contributed by atoms with Crippen LogP contribution >= 0.6 is 0 Å². The molecular formula is C26H30N4O4. The summed E-state index contributed by atoms with van der Waals surface area (Å²) in [4.78, 5) is 37.9. The van der Waals surface area contributed by atoms with Crippen LogP contribution in [0.4, 0.5) is 5.69 Å². The molecule has 0 saturated carbocycles. The smallest absolute Gasteiger partial charge is 0.247 e. The summed E-state index contributed by atoms with van der Waals surface area (Å²) in [5, 5.41) is 10.0. The molecule has 0 aliphatic carbocycles. The van der Waals surface area contributed by atoms with Crippen LogP contribution < -0.4 is 26.4 Å². The number of fused-ring (bicyclic) bond motifs is 1. The topological polar surface area (TPSA) is 123 Å². The molecule has 3 atom stereocenters. The number of methoxy groups -OCH3 is 1. The van der Waals surface area contributed by atoms with E-state index >= 15 is 0 Å². The van der Waals surface area contributed by atoms with Gasteiger partial charge in [-0.05, 0) is 30.9 Å². The van der Waals surface area contributed by atoms with Gasteiger partial charge in [0.2, 0.25) is 17.7 Å². The van der Waals surface area contributed by atoms with Crippen molar-refractivity contribution in [2.75, 3.05) is 12.4 Å². The van der Waals surface area contributed by atoms with E-state index in [0.717, 1.165) is 16.3 Å². The monoisotopic (exact) mass is 462 g/mol. The fourth-order valence-corrected chi connectivity index (χ4v) is 3.51. The number of anilines is 1. The number of amides is 3. The number of rotatable bonds is 9. The third kappa shape index (κ3) is 6.32. The quantitative estimate of drug-likeness (QED) is 0.389. The minimum absolute atomic E-state index is 0.275. The highest BCUT2D eigenvalue weighted by molar-refractivity contribution is 6.01. The first-order chi connectivity index (χ1) is 16.3. The van der Waals surface area contributed by atoms with Crippen molar-refractivity contribution in [2.24, 2.45) is 5.73 Å². The van der Waals surface area contributed by atoms with Crippen LogP contribution in [0.5, 0.6) is 5.75 Å². The lowest BCUT2D eigenvalue weighted by atomic mass is 10.0. The SMILES string of the molecule is COc1cc(NC(=O)C(Cc2ccccc2)NC(=O)C(C)NC(=O)C(C)N)cc2ccccc12. The fourth-order valence-electron chi connectivity index (χ4n) is 3.51. The Bertz CT molecular complexity index is 1160. The van der Waals surface area contributed by atoms with E-state index in [1.54, 1.807) is 20.1 Å². The summed E-state index contributed by atoms with van der Waals surface area (Å²) in [6.45, 7) is 3.07. The van der Waals surface area contributed by atoms with Crippen LogP contribution in [-0.4, -0.2) is 43.0 Å². The van der Waals surface area contributed by atoms with Gasteiger partial charge in [0.15, 0.2) is 0 Å². The molecule has 3 aromatic carbocycles. The molecule has 0 aliphatic rings. The summed E-state index contributed by atoms with van der Waals surface area (Å²) < 4.78 is 5.49. The second-order valence-corrected chi connectivity index (χ2v) is 8.16. The summed E-state index contributed by atoms with van der Waals surface area (Å²) in [5.74, 6) is -0.694. The van der Waals surface area contributed by atoms with Crippen molar-refractivity contribution in [1.29, 1.82) is 0 Å². The highest BCUT2D eigenvalue weighted by Crippen LogP contribution is 2.29. The zero-order valence-electron chi connectivity index (χ0n) is 19.5. The number of ether oxygens (including phenoxy) is 1. The Balaban J connectivity index is 1.81. The van der Waals surface area contributed by atoms with Crippen molar-refractivity contribution >= 4 is 34.2 Å². The maximum atomic E-state index is 13.3. The van der Waals surface area contributed by atoms with E-state index in [-0.39, 0.29) is 12.3 Å². The van der Waals surface area contributed by atoms with E-state index in [4.69, 9.17) is 10.5 Å². The number of nitrogens with two attached hydrogens (primary N) is 1. The van der Waals surface area contributed by atoms with Gasteiger partial charge in [0.05, 0.1) is 13.2 Å². The number of hydrogen-bond donors (Lipinski definition) is 4. The Labute approximate surface area is 198 Å². The molecule has 0 radical (unpaired) electrons. The van der Waals surface area contributed by atoms with Gasteiger partial charge in [-0.2, -0.15) is 0 Å². The summed E-state index contributed by atoms with van der Waals surface area (Å²) in [5.41, 5.74) is 7.00. The summed E-state index contributed by atoms with van der Waals surface area (Å²) >= 11 is 0. The van der Waals surface area contributed by atoms with Crippen molar-refractivity contribution < 1.29 is 19.1 Å². The van der Waals surface area contributed by atoms with Crippen molar-refractivity contribution in [2.45, 2.75) is 38.4 Å². The predicted octanol–water partition coefficient (Wildman–Crippen LogP) is 2.37. The molecule has 0 saturated heterocycles. The number of carbonyl (C=O) groups excluding carboxylic acids is 3. The first kappa shape index (κ1) is 24.7. The molecule has 5 N–H and O–H groups in total. The van der Waals surface area contributed by atoms with Crippen molar-refractivity contribution in [3.8, 4) is 5.75 Å². The standard InChI is InChI=1S/C26H30N4O4/c1-16(27)24(31)28-17(2)25(32)30-22(13-18-9-5-4-6-10-18)26(33)29-20-14-19-11-7-8-12-21(19)23(15-20)34-3/h4-12,14-17,22H,13,27H2,1-3H3,(H,28,31)(H,29,33)(H,30,32). The molecule has 0 aromatic heterocycles. The van der Waals surface area contributed by atoms with E-state index in [9.17, 15) is 14.4 Å². The minimum Gasteiger partial charge on any atom is -0.496 e.